The van der Waals surface area contributed by atoms with Crippen LogP contribution in [0.4, 0.5) is 0 Å². The molecule has 5 atom stereocenters. The van der Waals surface area contributed by atoms with Crippen LogP contribution in [0.3, 0.4) is 0 Å². The van der Waals surface area contributed by atoms with Gasteiger partial charge in [0.15, 0.2) is 5.78 Å². The first kappa shape index (κ1) is 26.3. The van der Waals surface area contributed by atoms with E-state index in [2.05, 4.69) is 81.8 Å². The summed E-state index contributed by atoms with van der Waals surface area (Å²) in [7, 11) is 0. The third-order valence-corrected chi connectivity index (χ3v) is 10.2. The van der Waals surface area contributed by atoms with Crippen molar-refractivity contribution in [2.75, 3.05) is 0 Å². The first-order valence-corrected chi connectivity index (χ1v) is 14.7. The molecule has 39 heavy (non-hydrogen) atoms. The van der Waals surface area contributed by atoms with E-state index in [0.717, 1.165) is 38.5 Å². The van der Waals surface area contributed by atoms with Gasteiger partial charge in [0.2, 0.25) is 0 Å². The van der Waals surface area contributed by atoms with E-state index in [1.54, 1.807) is 5.57 Å². The van der Waals surface area contributed by atoms with E-state index in [4.69, 9.17) is 0 Å². The van der Waals surface area contributed by atoms with Crippen LogP contribution in [0.5, 0.6) is 0 Å². The van der Waals surface area contributed by atoms with Crippen molar-refractivity contribution in [3.63, 3.8) is 0 Å². The van der Waals surface area contributed by atoms with Crippen molar-refractivity contribution in [2.24, 2.45) is 22.7 Å². The maximum atomic E-state index is 12.3. The molecule has 1 heterocycles. The lowest BCUT2D eigenvalue weighted by atomic mass is 9.51. The Morgan fingerprint density at radius 2 is 1.82 bits per heavy atom. The third kappa shape index (κ3) is 4.42. The van der Waals surface area contributed by atoms with Gasteiger partial charge in [-0.05, 0) is 124 Å². The van der Waals surface area contributed by atoms with Gasteiger partial charge in [0.25, 0.3) is 0 Å². The standard InChI is InChI=1S/C36H41NO2/c1-23-22-37-19-15-28(23)24-6-8-25(9-7-24)31-21-35(5)32(14-16-36(35,39)18-17-34(2,3)4)30-12-10-26-20-27(38)11-13-29(26)33(30)31/h6-9,15,19-20,22,30-32,39H,10-14,16,21H2,1-5H3/t30-,31+,32-,35-,36+/m0/s1. The Labute approximate surface area is 233 Å². The number of carbonyl (C=O) groups excluding carboxylic acids is 1. The number of allylic oxidation sites excluding steroid dienone is 4. The summed E-state index contributed by atoms with van der Waals surface area (Å²) in [6, 6.07) is 11.2. The Hall–Kier alpha value is -2.96. The summed E-state index contributed by atoms with van der Waals surface area (Å²) in [6.45, 7) is 10.8. The molecule has 0 bridgehead atoms. The second-order valence-electron chi connectivity index (χ2n) is 13.7. The van der Waals surface area contributed by atoms with Gasteiger partial charge in [0, 0.05) is 35.6 Å². The molecule has 0 aliphatic heterocycles. The summed E-state index contributed by atoms with van der Waals surface area (Å²) < 4.78 is 0. The van der Waals surface area contributed by atoms with Gasteiger partial charge in [-0.3, -0.25) is 9.78 Å². The van der Waals surface area contributed by atoms with Crippen LogP contribution in [-0.4, -0.2) is 21.5 Å². The Morgan fingerprint density at radius 1 is 1.05 bits per heavy atom. The minimum atomic E-state index is -0.980. The fourth-order valence-corrected chi connectivity index (χ4v) is 8.15. The first-order valence-electron chi connectivity index (χ1n) is 14.7. The number of benzene rings is 1. The molecule has 2 fully saturated rings. The molecular weight excluding hydrogens is 478 g/mol. The maximum Gasteiger partial charge on any atom is 0.156 e. The van der Waals surface area contributed by atoms with Gasteiger partial charge in [-0.25, -0.2) is 0 Å². The van der Waals surface area contributed by atoms with Crippen molar-refractivity contribution in [2.45, 2.75) is 91.1 Å². The minimum absolute atomic E-state index is 0.147. The number of hydrogen-bond donors (Lipinski definition) is 1. The summed E-state index contributed by atoms with van der Waals surface area (Å²) in [5, 5.41) is 12.2. The van der Waals surface area contributed by atoms with Gasteiger partial charge in [-0.15, -0.1) is 0 Å². The quantitative estimate of drug-likeness (QED) is 0.413. The molecule has 4 aliphatic rings. The van der Waals surface area contributed by atoms with Crippen LogP contribution >= 0.6 is 0 Å². The topological polar surface area (TPSA) is 50.2 Å². The summed E-state index contributed by atoms with van der Waals surface area (Å²) in [6.07, 6.45) is 11.9. The monoisotopic (exact) mass is 519 g/mol. The smallest absolute Gasteiger partial charge is 0.156 e. The van der Waals surface area contributed by atoms with Gasteiger partial charge in [-0.1, -0.05) is 48.6 Å². The van der Waals surface area contributed by atoms with Crippen LogP contribution in [0.25, 0.3) is 11.1 Å². The lowest BCUT2D eigenvalue weighted by Crippen LogP contribution is -2.51. The summed E-state index contributed by atoms with van der Waals surface area (Å²) in [5.41, 5.74) is 7.77. The van der Waals surface area contributed by atoms with Gasteiger partial charge >= 0.3 is 0 Å². The lowest BCUT2D eigenvalue weighted by Gasteiger charge is -2.53. The van der Waals surface area contributed by atoms with Crippen molar-refractivity contribution in [1.29, 1.82) is 0 Å². The molecule has 202 valence electrons. The highest BCUT2D eigenvalue weighted by Gasteiger charge is 2.62. The maximum absolute atomic E-state index is 12.3. The fourth-order valence-electron chi connectivity index (χ4n) is 8.15. The Kier molecular flexibility index (Phi) is 6.27. The number of fused-ring (bicyclic) bond motifs is 4. The molecule has 3 heteroatoms. The first-order chi connectivity index (χ1) is 18.5. The molecule has 6 rings (SSSR count). The van der Waals surface area contributed by atoms with E-state index in [1.165, 1.54) is 33.4 Å². The zero-order valence-electron chi connectivity index (χ0n) is 24.1. The van der Waals surface area contributed by atoms with E-state index in [0.29, 0.717) is 18.3 Å². The largest absolute Gasteiger partial charge is 0.377 e. The Bertz CT molecular complexity index is 1440. The number of nitrogens with zero attached hydrogens (tertiary/aromatic N) is 1. The van der Waals surface area contributed by atoms with Crippen LogP contribution < -0.4 is 0 Å². The number of hydrogen-bond acceptors (Lipinski definition) is 3. The molecule has 2 aromatic rings. The van der Waals surface area contributed by atoms with E-state index < -0.39 is 5.60 Å². The molecule has 2 saturated carbocycles. The summed E-state index contributed by atoms with van der Waals surface area (Å²) >= 11 is 0. The van der Waals surface area contributed by atoms with E-state index in [-0.39, 0.29) is 22.5 Å². The number of aliphatic hydroxyl groups is 1. The fraction of sp³-hybridized carbons (Fsp3) is 0.500. The molecule has 3 nitrogen and oxygen atoms in total. The molecule has 0 radical (unpaired) electrons. The number of aromatic nitrogens is 1. The highest BCUT2D eigenvalue weighted by atomic mass is 16.3. The zero-order chi connectivity index (χ0) is 27.6. The van der Waals surface area contributed by atoms with Crippen LogP contribution in [0.2, 0.25) is 0 Å². The third-order valence-electron chi connectivity index (χ3n) is 10.2. The van der Waals surface area contributed by atoms with Gasteiger partial charge < -0.3 is 5.11 Å². The summed E-state index contributed by atoms with van der Waals surface area (Å²) in [4.78, 5) is 16.6. The molecule has 0 saturated heterocycles. The number of rotatable bonds is 2. The highest BCUT2D eigenvalue weighted by Crippen LogP contribution is 2.66. The number of aryl methyl sites for hydroxylation is 1. The second-order valence-corrected chi connectivity index (χ2v) is 13.7. The molecule has 1 aromatic carbocycles. The van der Waals surface area contributed by atoms with Crippen molar-refractivity contribution in [3.8, 4) is 23.0 Å². The van der Waals surface area contributed by atoms with Crippen molar-refractivity contribution < 1.29 is 9.90 Å². The molecule has 0 unspecified atom stereocenters. The predicted molar refractivity (Wildman–Crippen MR) is 157 cm³/mol. The number of ketones is 1. The van der Waals surface area contributed by atoms with Crippen LogP contribution in [0, 0.1) is 41.4 Å². The molecular formula is C36H41NO2. The van der Waals surface area contributed by atoms with Gasteiger partial charge in [-0.2, -0.15) is 0 Å². The van der Waals surface area contributed by atoms with Gasteiger partial charge in [0.1, 0.15) is 5.60 Å². The normalized spacial score (nSPS) is 32.0. The van der Waals surface area contributed by atoms with Crippen LogP contribution in [-0.2, 0) is 4.79 Å². The average Bonchev–Trinajstić information content (AvgIpc) is 3.17. The van der Waals surface area contributed by atoms with Crippen molar-refractivity contribution in [1.82, 2.24) is 4.98 Å². The molecule has 0 amide bonds. The summed E-state index contributed by atoms with van der Waals surface area (Å²) in [5.74, 6) is 8.17. The van der Waals surface area contributed by atoms with Crippen molar-refractivity contribution >= 4 is 5.78 Å². The minimum Gasteiger partial charge on any atom is -0.377 e. The Morgan fingerprint density at radius 3 is 2.54 bits per heavy atom. The molecule has 1 aromatic heterocycles. The highest BCUT2D eigenvalue weighted by molar-refractivity contribution is 5.93. The van der Waals surface area contributed by atoms with E-state index >= 15 is 0 Å². The number of pyridine rings is 1. The average molecular weight is 520 g/mol. The van der Waals surface area contributed by atoms with E-state index in [9.17, 15) is 9.90 Å². The van der Waals surface area contributed by atoms with Gasteiger partial charge in [0.05, 0.1) is 0 Å². The van der Waals surface area contributed by atoms with Crippen molar-refractivity contribution in [3.05, 3.63) is 76.6 Å². The Balaban J connectivity index is 1.47. The predicted octanol–water partition coefficient (Wildman–Crippen LogP) is 7.74. The molecule has 0 spiro atoms. The van der Waals surface area contributed by atoms with Crippen LogP contribution in [0.15, 0.2) is 65.5 Å². The molecule has 1 N–H and O–H groups in total. The zero-order valence-corrected chi connectivity index (χ0v) is 24.1. The number of carbonyl (C=O) groups is 1. The van der Waals surface area contributed by atoms with Crippen LogP contribution in [0.1, 0.15) is 89.7 Å². The lowest BCUT2D eigenvalue weighted by molar-refractivity contribution is -0.114. The van der Waals surface area contributed by atoms with E-state index in [1.807, 2.05) is 18.5 Å². The second kappa shape index (κ2) is 9.31. The SMILES string of the molecule is Cc1cnccc1-c1ccc([C@H]2C[C@@]3(C)[C@@H](CC[C@@]3(O)C#CC(C)(C)C)[C@@H]3CCC4=CC(=O)CCC4=C32)cc1. The molecule has 4 aliphatic carbocycles.